The molecule has 1 aliphatic rings. The van der Waals surface area contributed by atoms with Crippen LogP contribution in [-0.4, -0.2) is 6.61 Å². The van der Waals surface area contributed by atoms with Crippen molar-refractivity contribution < 1.29 is 4.74 Å². The van der Waals surface area contributed by atoms with Crippen LogP contribution < -0.4 is 10.1 Å². The van der Waals surface area contributed by atoms with Gasteiger partial charge in [0.2, 0.25) is 0 Å². The van der Waals surface area contributed by atoms with Crippen molar-refractivity contribution in [3.05, 3.63) is 58.6 Å². The molecular formula is C15H14BrNO. The normalized spacial score (nSPS) is 17.7. The molecule has 0 fully saturated rings. The van der Waals surface area contributed by atoms with E-state index in [1.807, 2.05) is 24.3 Å². The number of ether oxygens (including phenoxy) is 1. The van der Waals surface area contributed by atoms with Gasteiger partial charge in [-0.1, -0.05) is 40.2 Å². The molecule has 1 N–H and O–H groups in total. The van der Waals surface area contributed by atoms with Gasteiger partial charge in [0.15, 0.2) is 0 Å². The second-order valence-corrected chi connectivity index (χ2v) is 5.30. The van der Waals surface area contributed by atoms with Gasteiger partial charge in [0.1, 0.15) is 5.75 Å². The number of hydrogen-bond acceptors (Lipinski definition) is 2. The summed E-state index contributed by atoms with van der Waals surface area (Å²) in [7, 11) is 0. The highest BCUT2D eigenvalue weighted by molar-refractivity contribution is 9.10. The van der Waals surface area contributed by atoms with Crippen LogP contribution in [0.2, 0.25) is 0 Å². The summed E-state index contributed by atoms with van der Waals surface area (Å²) in [6.07, 6.45) is 0.990. The average Bonchev–Trinajstić information content (AvgIpc) is 2.39. The van der Waals surface area contributed by atoms with Crippen molar-refractivity contribution in [2.45, 2.75) is 12.5 Å². The van der Waals surface area contributed by atoms with Gasteiger partial charge in [0.25, 0.3) is 0 Å². The van der Waals surface area contributed by atoms with Crippen molar-refractivity contribution in [1.82, 2.24) is 0 Å². The van der Waals surface area contributed by atoms with Crippen LogP contribution in [0.4, 0.5) is 5.69 Å². The number of rotatable bonds is 2. The monoisotopic (exact) mass is 303 g/mol. The third kappa shape index (κ3) is 2.36. The smallest absolute Gasteiger partial charge is 0.124 e. The standard InChI is InChI=1S/C15H14BrNO/c16-11-4-3-5-12(10-11)17-14-8-9-18-15-7-2-1-6-13(14)15/h1-7,10,14,17H,8-9H2. The molecule has 18 heavy (non-hydrogen) atoms. The van der Waals surface area contributed by atoms with Gasteiger partial charge in [-0.2, -0.15) is 0 Å². The van der Waals surface area contributed by atoms with Crippen LogP contribution in [-0.2, 0) is 0 Å². The molecular weight excluding hydrogens is 290 g/mol. The van der Waals surface area contributed by atoms with Crippen LogP contribution in [0, 0.1) is 0 Å². The van der Waals surface area contributed by atoms with Crippen molar-refractivity contribution in [2.75, 3.05) is 11.9 Å². The van der Waals surface area contributed by atoms with Crippen molar-refractivity contribution in [3.8, 4) is 5.75 Å². The summed E-state index contributed by atoms with van der Waals surface area (Å²) >= 11 is 3.49. The number of fused-ring (bicyclic) bond motifs is 1. The van der Waals surface area contributed by atoms with E-state index in [1.165, 1.54) is 5.56 Å². The van der Waals surface area contributed by atoms with Gasteiger partial charge < -0.3 is 10.1 Å². The van der Waals surface area contributed by atoms with Gasteiger partial charge in [0.05, 0.1) is 12.6 Å². The lowest BCUT2D eigenvalue weighted by Crippen LogP contribution is -2.20. The summed E-state index contributed by atoms with van der Waals surface area (Å²) in [5.41, 5.74) is 2.37. The van der Waals surface area contributed by atoms with Crippen molar-refractivity contribution >= 4 is 21.6 Å². The Morgan fingerprint density at radius 1 is 1.11 bits per heavy atom. The molecule has 0 aliphatic carbocycles. The summed E-state index contributed by atoms with van der Waals surface area (Å²) < 4.78 is 6.76. The van der Waals surface area contributed by atoms with Gasteiger partial charge >= 0.3 is 0 Å². The molecule has 0 spiro atoms. The number of anilines is 1. The summed E-state index contributed by atoms with van der Waals surface area (Å²) in [5, 5.41) is 3.57. The zero-order valence-electron chi connectivity index (χ0n) is 9.90. The lowest BCUT2D eigenvalue weighted by atomic mass is 10.0. The van der Waals surface area contributed by atoms with Crippen LogP contribution in [0.5, 0.6) is 5.75 Å². The molecule has 0 amide bonds. The van der Waals surface area contributed by atoms with Crippen LogP contribution in [0.1, 0.15) is 18.0 Å². The highest BCUT2D eigenvalue weighted by atomic mass is 79.9. The van der Waals surface area contributed by atoms with Crippen LogP contribution in [0.15, 0.2) is 53.0 Å². The number of benzene rings is 2. The Labute approximate surface area is 115 Å². The molecule has 2 nitrogen and oxygen atoms in total. The molecule has 0 radical (unpaired) electrons. The van der Waals surface area contributed by atoms with E-state index in [-0.39, 0.29) is 0 Å². The zero-order valence-corrected chi connectivity index (χ0v) is 11.5. The van der Waals surface area contributed by atoms with Crippen LogP contribution >= 0.6 is 15.9 Å². The Bertz CT molecular complexity index is 556. The minimum atomic E-state index is 0.323. The third-order valence-corrected chi connectivity index (χ3v) is 3.62. The first-order chi connectivity index (χ1) is 8.83. The lowest BCUT2D eigenvalue weighted by Gasteiger charge is -2.27. The molecule has 0 bridgehead atoms. The summed E-state index contributed by atoms with van der Waals surface area (Å²) in [6, 6.07) is 16.8. The van der Waals surface area contributed by atoms with E-state index in [2.05, 4.69) is 45.5 Å². The molecule has 92 valence electrons. The Hall–Kier alpha value is -1.48. The molecule has 1 aliphatic heterocycles. The van der Waals surface area contributed by atoms with Gasteiger partial charge in [-0.3, -0.25) is 0 Å². The second-order valence-electron chi connectivity index (χ2n) is 4.38. The SMILES string of the molecule is Brc1cccc(NC2CCOc3ccccc32)c1. The summed E-state index contributed by atoms with van der Waals surface area (Å²) in [5.74, 6) is 0.997. The van der Waals surface area contributed by atoms with E-state index in [0.29, 0.717) is 6.04 Å². The van der Waals surface area contributed by atoms with E-state index in [1.54, 1.807) is 0 Å². The first-order valence-electron chi connectivity index (χ1n) is 6.07. The van der Waals surface area contributed by atoms with E-state index < -0.39 is 0 Å². The highest BCUT2D eigenvalue weighted by Crippen LogP contribution is 2.34. The lowest BCUT2D eigenvalue weighted by molar-refractivity contribution is 0.274. The number of hydrogen-bond donors (Lipinski definition) is 1. The summed E-state index contributed by atoms with van der Waals surface area (Å²) in [4.78, 5) is 0. The third-order valence-electron chi connectivity index (χ3n) is 3.12. The Balaban J connectivity index is 1.86. The second kappa shape index (κ2) is 5.02. The van der Waals surface area contributed by atoms with Gasteiger partial charge in [-0.15, -0.1) is 0 Å². The Kier molecular flexibility index (Phi) is 3.24. The van der Waals surface area contributed by atoms with Crippen LogP contribution in [0.3, 0.4) is 0 Å². The number of halogens is 1. The molecule has 1 heterocycles. The molecule has 0 aromatic heterocycles. The van der Waals surface area contributed by atoms with Gasteiger partial charge in [0, 0.05) is 22.1 Å². The van der Waals surface area contributed by atoms with E-state index >= 15 is 0 Å². The molecule has 0 saturated heterocycles. The largest absolute Gasteiger partial charge is 0.493 e. The summed E-state index contributed by atoms with van der Waals surface area (Å²) in [6.45, 7) is 0.767. The predicted molar refractivity (Wildman–Crippen MR) is 77.1 cm³/mol. The van der Waals surface area contributed by atoms with Crippen molar-refractivity contribution in [1.29, 1.82) is 0 Å². The molecule has 1 atom stereocenters. The molecule has 3 heteroatoms. The minimum Gasteiger partial charge on any atom is -0.493 e. The first kappa shape index (κ1) is 11.6. The molecule has 2 aromatic carbocycles. The van der Waals surface area contributed by atoms with Gasteiger partial charge in [-0.25, -0.2) is 0 Å². The van der Waals surface area contributed by atoms with Crippen molar-refractivity contribution in [3.63, 3.8) is 0 Å². The van der Waals surface area contributed by atoms with E-state index in [4.69, 9.17) is 4.74 Å². The number of nitrogens with one attached hydrogen (secondary N) is 1. The quantitative estimate of drug-likeness (QED) is 0.888. The Morgan fingerprint density at radius 3 is 2.89 bits per heavy atom. The zero-order chi connectivity index (χ0) is 12.4. The molecule has 3 rings (SSSR count). The maximum Gasteiger partial charge on any atom is 0.124 e. The van der Waals surface area contributed by atoms with Crippen LogP contribution in [0.25, 0.3) is 0 Å². The fourth-order valence-corrected chi connectivity index (χ4v) is 2.67. The van der Waals surface area contributed by atoms with Crippen molar-refractivity contribution in [2.24, 2.45) is 0 Å². The predicted octanol–water partition coefficient (Wildman–Crippen LogP) is 4.38. The fraction of sp³-hybridized carbons (Fsp3) is 0.200. The van der Waals surface area contributed by atoms with Gasteiger partial charge in [-0.05, 0) is 24.3 Å². The Morgan fingerprint density at radius 2 is 2.00 bits per heavy atom. The first-order valence-corrected chi connectivity index (χ1v) is 6.86. The van der Waals surface area contributed by atoms with E-state index in [9.17, 15) is 0 Å². The maximum absolute atomic E-state index is 5.67. The topological polar surface area (TPSA) is 21.3 Å². The van der Waals surface area contributed by atoms with E-state index in [0.717, 1.165) is 28.9 Å². The highest BCUT2D eigenvalue weighted by Gasteiger charge is 2.20. The minimum absolute atomic E-state index is 0.323. The molecule has 2 aromatic rings. The molecule has 0 saturated carbocycles. The molecule has 1 unspecified atom stereocenters. The number of para-hydroxylation sites is 1. The average molecular weight is 304 g/mol. The fourth-order valence-electron chi connectivity index (χ4n) is 2.27. The maximum atomic E-state index is 5.67.